The number of carbonyl (C=O) groups is 1. The minimum Gasteiger partial charge on any atom is -0.338 e. The number of hydrogen-bond acceptors (Lipinski definition) is 6. The van der Waals surface area contributed by atoms with E-state index in [1.807, 2.05) is 30.0 Å². The fourth-order valence-electron chi connectivity index (χ4n) is 3.40. The Labute approximate surface area is 163 Å². The first-order chi connectivity index (χ1) is 13.7. The third-order valence-corrected chi connectivity index (χ3v) is 4.88. The Morgan fingerprint density at radius 3 is 2.75 bits per heavy atom. The number of piperidine rings is 1. The summed E-state index contributed by atoms with van der Waals surface area (Å²) in [7, 11) is 0. The summed E-state index contributed by atoms with van der Waals surface area (Å²) in [4.78, 5) is 32.0. The van der Waals surface area contributed by atoms with Gasteiger partial charge in [0.15, 0.2) is 0 Å². The van der Waals surface area contributed by atoms with Crippen LogP contribution in [-0.2, 0) is 0 Å². The Morgan fingerprint density at radius 1 is 1.11 bits per heavy atom. The normalized spacial score (nSPS) is 16.6. The Morgan fingerprint density at radius 2 is 1.96 bits per heavy atom. The predicted molar refractivity (Wildman–Crippen MR) is 106 cm³/mol. The predicted octanol–water partition coefficient (Wildman–Crippen LogP) is 3.34. The second kappa shape index (κ2) is 8.12. The Balaban J connectivity index is 1.47. The molecule has 4 rings (SSSR count). The molecule has 0 aliphatic carbocycles. The molecular formula is C21H22N6O. The van der Waals surface area contributed by atoms with Crippen LogP contribution in [0.3, 0.4) is 0 Å². The van der Waals surface area contributed by atoms with Crippen molar-refractivity contribution in [1.29, 1.82) is 0 Å². The number of rotatable bonds is 4. The van der Waals surface area contributed by atoms with E-state index in [0.29, 0.717) is 23.9 Å². The Kier molecular flexibility index (Phi) is 5.23. The molecule has 1 atom stereocenters. The number of amides is 1. The summed E-state index contributed by atoms with van der Waals surface area (Å²) in [5.74, 6) is 1.46. The van der Waals surface area contributed by atoms with Gasteiger partial charge in [0, 0.05) is 49.4 Å². The monoisotopic (exact) mass is 374 g/mol. The van der Waals surface area contributed by atoms with Gasteiger partial charge in [-0.05, 0) is 49.6 Å². The molecule has 0 radical (unpaired) electrons. The molecule has 4 heterocycles. The lowest BCUT2D eigenvalue weighted by Crippen LogP contribution is -2.39. The van der Waals surface area contributed by atoms with Crippen LogP contribution in [0, 0.1) is 6.92 Å². The van der Waals surface area contributed by atoms with Crippen molar-refractivity contribution in [3.8, 4) is 0 Å². The van der Waals surface area contributed by atoms with Crippen molar-refractivity contribution in [2.75, 3.05) is 18.4 Å². The largest absolute Gasteiger partial charge is 0.338 e. The van der Waals surface area contributed by atoms with Crippen molar-refractivity contribution in [1.82, 2.24) is 24.8 Å². The molecule has 1 fully saturated rings. The van der Waals surface area contributed by atoms with Crippen molar-refractivity contribution in [3.05, 3.63) is 71.9 Å². The van der Waals surface area contributed by atoms with Crippen LogP contribution in [0.5, 0.6) is 0 Å². The Hall–Kier alpha value is -3.35. The second-order valence-electron chi connectivity index (χ2n) is 6.98. The summed E-state index contributed by atoms with van der Waals surface area (Å²) in [6.07, 6.45) is 8.80. The molecule has 1 saturated heterocycles. The highest BCUT2D eigenvalue weighted by Gasteiger charge is 2.26. The average molecular weight is 374 g/mol. The molecule has 142 valence electrons. The first-order valence-corrected chi connectivity index (χ1v) is 9.41. The summed E-state index contributed by atoms with van der Waals surface area (Å²) >= 11 is 0. The molecule has 7 heteroatoms. The molecule has 0 aromatic carbocycles. The smallest absolute Gasteiger partial charge is 0.253 e. The molecule has 0 spiro atoms. The SMILES string of the molecule is Cc1ccc(Nc2nccc([C@@H]3CCCN(C(=O)c4ccncc4)C3)n2)nc1. The molecule has 1 aliphatic rings. The summed E-state index contributed by atoms with van der Waals surface area (Å²) in [6, 6.07) is 9.34. The highest BCUT2D eigenvalue weighted by molar-refractivity contribution is 5.94. The van der Waals surface area contributed by atoms with Gasteiger partial charge in [0.05, 0.1) is 5.69 Å². The highest BCUT2D eigenvalue weighted by atomic mass is 16.2. The van der Waals surface area contributed by atoms with Crippen molar-refractivity contribution < 1.29 is 4.79 Å². The van der Waals surface area contributed by atoms with Crippen LogP contribution >= 0.6 is 0 Å². The van der Waals surface area contributed by atoms with Crippen LogP contribution in [0.15, 0.2) is 55.1 Å². The summed E-state index contributed by atoms with van der Waals surface area (Å²) < 4.78 is 0. The van der Waals surface area contributed by atoms with Crippen molar-refractivity contribution in [3.63, 3.8) is 0 Å². The van der Waals surface area contributed by atoms with E-state index < -0.39 is 0 Å². The summed E-state index contributed by atoms with van der Waals surface area (Å²) in [5, 5.41) is 3.15. The van der Waals surface area contributed by atoms with E-state index in [-0.39, 0.29) is 11.8 Å². The van der Waals surface area contributed by atoms with Gasteiger partial charge in [-0.25, -0.2) is 15.0 Å². The number of aromatic nitrogens is 4. The van der Waals surface area contributed by atoms with Crippen LogP contribution in [-0.4, -0.2) is 43.8 Å². The number of nitrogens with zero attached hydrogens (tertiary/aromatic N) is 5. The summed E-state index contributed by atoms with van der Waals surface area (Å²) in [6.45, 7) is 3.41. The quantitative estimate of drug-likeness (QED) is 0.754. The van der Waals surface area contributed by atoms with E-state index in [9.17, 15) is 4.79 Å². The maximum Gasteiger partial charge on any atom is 0.253 e. The molecule has 1 N–H and O–H groups in total. The van der Waals surface area contributed by atoms with E-state index in [4.69, 9.17) is 0 Å². The number of pyridine rings is 2. The standard InChI is InChI=1S/C21H22N6O/c1-15-4-5-19(24-13-15)26-21-23-11-8-18(25-21)17-3-2-12-27(14-17)20(28)16-6-9-22-10-7-16/h4-11,13,17H,2-3,12,14H2,1H3,(H,23,24,25,26)/t17-/m1/s1. The molecule has 3 aromatic rings. The van der Waals surface area contributed by atoms with Gasteiger partial charge in [-0.1, -0.05) is 6.07 Å². The number of aryl methyl sites for hydroxylation is 1. The number of likely N-dealkylation sites (tertiary alicyclic amines) is 1. The van der Waals surface area contributed by atoms with Gasteiger partial charge in [0.25, 0.3) is 5.91 Å². The lowest BCUT2D eigenvalue weighted by atomic mass is 9.94. The number of nitrogens with one attached hydrogen (secondary N) is 1. The second-order valence-corrected chi connectivity index (χ2v) is 6.98. The molecule has 1 aliphatic heterocycles. The minimum atomic E-state index is 0.0448. The van der Waals surface area contributed by atoms with Crippen LogP contribution in [0.4, 0.5) is 11.8 Å². The van der Waals surface area contributed by atoms with Gasteiger partial charge < -0.3 is 10.2 Å². The van der Waals surface area contributed by atoms with Crippen LogP contribution in [0.25, 0.3) is 0 Å². The van der Waals surface area contributed by atoms with Gasteiger partial charge in [-0.15, -0.1) is 0 Å². The molecular weight excluding hydrogens is 352 g/mol. The lowest BCUT2D eigenvalue weighted by Gasteiger charge is -2.32. The van der Waals surface area contributed by atoms with E-state index >= 15 is 0 Å². The maximum absolute atomic E-state index is 12.8. The maximum atomic E-state index is 12.8. The third-order valence-electron chi connectivity index (χ3n) is 4.88. The van der Waals surface area contributed by atoms with Crippen molar-refractivity contribution >= 4 is 17.7 Å². The lowest BCUT2D eigenvalue weighted by molar-refractivity contribution is 0.0706. The van der Waals surface area contributed by atoms with Gasteiger partial charge in [0.1, 0.15) is 5.82 Å². The minimum absolute atomic E-state index is 0.0448. The first kappa shape index (κ1) is 18.0. The van der Waals surface area contributed by atoms with E-state index in [2.05, 4.69) is 25.3 Å². The number of hydrogen-bond donors (Lipinski definition) is 1. The van der Waals surface area contributed by atoms with Gasteiger partial charge in [-0.3, -0.25) is 9.78 Å². The topological polar surface area (TPSA) is 83.9 Å². The Bertz CT molecular complexity index is 945. The summed E-state index contributed by atoms with van der Waals surface area (Å²) in [5.41, 5.74) is 2.71. The first-order valence-electron chi connectivity index (χ1n) is 9.41. The van der Waals surface area contributed by atoms with Crippen LogP contribution < -0.4 is 5.32 Å². The van der Waals surface area contributed by atoms with Crippen LogP contribution in [0.2, 0.25) is 0 Å². The highest BCUT2D eigenvalue weighted by Crippen LogP contribution is 2.27. The van der Waals surface area contributed by atoms with Gasteiger partial charge in [-0.2, -0.15) is 0 Å². The van der Waals surface area contributed by atoms with E-state index in [1.54, 1.807) is 36.9 Å². The van der Waals surface area contributed by atoms with E-state index in [1.165, 1.54) is 0 Å². The zero-order valence-corrected chi connectivity index (χ0v) is 15.7. The van der Waals surface area contributed by atoms with Gasteiger partial charge in [0.2, 0.25) is 5.95 Å². The number of carbonyl (C=O) groups excluding carboxylic acids is 1. The molecule has 1 amide bonds. The molecule has 7 nitrogen and oxygen atoms in total. The number of anilines is 2. The van der Waals surface area contributed by atoms with Crippen molar-refractivity contribution in [2.24, 2.45) is 0 Å². The fourth-order valence-corrected chi connectivity index (χ4v) is 3.40. The van der Waals surface area contributed by atoms with Crippen molar-refractivity contribution in [2.45, 2.75) is 25.7 Å². The molecule has 3 aromatic heterocycles. The zero-order chi connectivity index (χ0) is 19.3. The zero-order valence-electron chi connectivity index (χ0n) is 15.7. The third kappa shape index (κ3) is 4.14. The molecule has 0 unspecified atom stereocenters. The van der Waals surface area contributed by atoms with Gasteiger partial charge >= 0.3 is 0 Å². The average Bonchev–Trinajstić information content (AvgIpc) is 2.76. The van der Waals surface area contributed by atoms with E-state index in [0.717, 1.165) is 30.6 Å². The molecule has 0 saturated carbocycles. The molecule has 0 bridgehead atoms. The molecule has 28 heavy (non-hydrogen) atoms. The van der Waals surface area contributed by atoms with Crippen LogP contribution in [0.1, 0.15) is 40.4 Å². The fraction of sp³-hybridized carbons (Fsp3) is 0.286.